The highest BCUT2D eigenvalue weighted by Crippen LogP contribution is 2.33. The molecule has 7 nitrogen and oxygen atoms in total. The van der Waals surface area contributed by atoms with E-state index in [4.69, 9.17) is 4.42 Å². The minimum Gasteiger partial charge on any atom is -0.480 e. The molecule has 0 amide bonds. The first-order valence-corrected chi connectivity index (χ1v) is 11.1. The predicted octanol–water partition coefficient (Wildman–Crippen LogP) is 3.82. The Balaban J connectivity index is 2.04. The largest absolute Gasteiger partial charge is 0.480 e. The van der Waals surface area contributed by atoms with Crippen molar-refractivity contribution in [2.45, 2.75) is 38.6 Å². The summed E-state index contributed by atoms with van der Waals surface area (Å²) in [4.78, 5) is 13.6. The number of hydrogen-bond donors (Lipinski definition) is 2. The van der Waals surface area contributed by atoms with Crippen LogP contribution in [-0.4, -0.2) is 38.6 Å². The molecule has 0 saturated heterocycles. The second kappa shape index (κ2) is 8.04. The molecule has 29 heavy (non-hydrogen) atoms. The number of nitrogens with zero attached hydrogens (tertiary/aromatic N) is 1. The monoisotopic (exact) mass is 418 g/mol. The maximum Gasteiger partial charge on any atom is 0.322 e. The van der Waals surface area contributed by atoms with Gasteiger partial charge in [-0.15, -0.1) is 0 Å². The number of hydrogen-bond acceptors (Lipinski definition) is 5. The average Bonchev–Trinajstić information content (AvgIpc) is 3.04. The molecule has 0 aliphatic carbocycles. The van der Waals surface area contributed by atoms with Gasteiger partial charge in [-0.3, -0.25) is 4.79 Å². The van der Waals surface area contributed by atoms with Crippen LogP contribution in [0, 0.1) is 5.92 Å². The molecule has 0 radical (unpaired) electrons. The van der Waals surface area contributed by atoms with Crippen LogP contribution in [0.2, 0.25) is 0 Å². The molecule has 156 valence electrons. The van der Waals surface area contributed by atoms with Gasteiger partial charge in [0, 0.05) is 35.6 Å². The summed E-state index contributed by atoms with van der Waals surface area (Å²) in [6, 6.07) is 9.32. The lowest BCUT2D eigenvalue weighted by Gasteiger charge is -2.20. The number of carbonyl (C=O) groups is 1. The molecule has 8 heteroatoms. The number of fused-ring (bicyclic) bond motifs is 3. The molecule has 0 aliphatic heterocycles. The van der Waals surface area contributed by atoms with E-state index in [-0.39, 0.29) is 4.90 Å². The summed E-state index contributed by atoms with van der Waals surface area (Å²) in [7, 11) is -4.01. The Bertz CT molecular complexity index is 1150. The molecule has 0 unspecified atom stereocenters. The predicted molar refractivity (Wildman–Crippen MR) is 114 cm³/mol. The van der Waals surface area contributed by atoms with Crippen LogP contribution in [0.25, 0.3) is 21.9 Å². The summed E-state index contributed by atoms with van der Waals surface area (Å²) in [6.45, 7) is 9.24. The van der Waals surface area contributed by atoms with Crippen molar-refractivity contribution in [3.8, 4) is 0 Å². The van der Waals surface area contributed by atoms with E-state index in [0.29, 0.717) is 11.2 Å². The lowest BCUT2D eigenvalue weighted by atomic mass is 10.1. The first-order valence-electron chi connectivity index (χ1n) is 9.64. The van der Waals surface area contributed by atoms with E-state index in [9.17, 15) is 18.3 Å². The molecule has 1 atom stereocenters. The number of sulfonamides is 1. The Labute approximate surface area is 170 Å². The van der Waals surface area contributed by atoms with Crippen molar-refractivity contribution in [2.24, 2.45) is 5.92 Å². The zero-order valence-corrected chi connectivity index (χ0v) is 17.8. The second-order valence-corrected chi connectivity index (χ2v) is 9.01. The molecule has 1 aromatic heterocycles. The molecule has 1 heterocycles. The van der Waals surface area contributed by atoms with Gasteiger partial charge in [0.25, 0.3) is 0 Å². The fourth-order valence-electron chi connectivity index (χ4n) is 3.40. The Morgan fingerprint density at radius 3 is 2.34 bits per heavy atom. The van der Waals surface area contributed by atoms with Gasteiger partial charge in [-0.25, -0.2) is 8.42 Å². The highest BCUT2D eigenvalue weighted by molar-refractivity contribution is 7.89. The van der Waals surface area contributed by atoms with Crippen LogP contribution in [0.5, 0.6) is 0 Å². The number of furan rings is 1. The van der Waals surface area contributed by atoms with Crippen LogP contribution >= 0.6 is 0 Å². The van der Waals surface area contributed by atoms with Crippen LogP contribution in [0.15, 0.2) is 45.7 Å². The van der Waals surface area contributed by atoms with E-state index in [2.05, 4.69) is 23.5 Å². The minimum absolute atomic E-state index is 0.0278. The third-order valence-electron chi connectivity index (χ3n) is 5.08. The summed E-state index contributed by atoms with van der Waals surface area (Å²) >= 11 is 0. The van der Waals surface area contributed by atoms with Crippen molar-refractivity contribution in [3.05, 3.63) is 36.4 Å². The van der Waals surface area contributed by atoms with E-state index in [1.807, 2.05) is 18.2 Å². The molecule has 0 spiro atoms. The van der Waals surface area contributed by atoms with Crippen LogP contribution in [0.4, 0.5) is 5.69 Å². The normalized spacial score (nSPS) is 13.3. The van der Waals surface area contributed by atoms with Crippen LogP contribution in [0.1, 0.15) is 27.7 Å². The molecule has 2 aromatic carbocycles. The summed E-state index contributed by atoms with van der Waals surface area (Å²) in [5.41, 5.74) is 2.18. The van der Waals surface area contributed by atoms with Gasteiger partial charge < -0.3 is 14.4 Å². The maximum atomic E-state index is 12.7. The number of aliphatic carboxylic acids is 1. The Kier molecular flexibility index (Phi) is 5.86. The molecule has 0 aliphatic rings. The fourth-order valence-corrected chi connectivity index (χ4v) is 4.76. The molecule has 3 rings (SSSR count). The maximum absolute atomic E-state index is 12.7. The standard InChI is InChI=1S/C21H26N2O5S/c1-5-23(6-2)14-7-10-18-17(11-14)16-9-8-15(12-19(16)28-18)29(26,27)22-20(13(3)4)21(24)25/h7-13,20,22H,5-6H2,1-4H3,(H,24,25)/t20-/m0/s1. The van der Waals surface area contributed by atoms with Gasteiger partial charge in [0.05, 0.1) is 4.90 Å². The van der Waals surface area contributed by atoms with E-state index in [1.54, 1.807) is 19.9 Å². The molecule has 0 saturated carbocycles. The topological polar surface area (TPSA) is 99.9 Å². The van der Waals surface area contributed by atoms with E-state index < -0.39 is 28.0 Å². The van der Waals surface area contributed by atoms with Gasteiger partial charge in [0.1, 0.15) is 17.2 Å². The minimum atomic E-state index is -4.01. The van der Waals surface area contributed by atoms with Crippen molar-refractivity contribution in [1.29, 1.82) is 0 Å². The van der Waals surface area contributed by atoms with Crippen LogP contribution < -0.4 is 9.62 Å². The van der Waals surface area contributed by atoms with Crippen LogP contribution in [0.3, 0.4) is 0 Å². The number of rotatable bonds is 8. The lowest BCUT2D eigenvalue weighted by molar-refractivity contribution is -0.140. The van der Waals surface area contributed by atoms with Crippen molar-refractivity contribution in [1.82, 2.24) is 4.72 Å². The van der Waals surface area contributed by atoms with E-state index in [1.165, 1.54) is 12.1 Å². The van der Waals surface area contributed by atoms with E-state index in [0.717, 1.165) is 29.5 Å². The fraction of sp³-hybridized carbons (Fsp3) is 0.381. The zero-order chi connectivity index (χ0) is 21.3. The first-order chi connectivity index (χ1) is 13.7. The molecule has 3 aromatic rings. The molecule has 2 N–H and O–H groups in total. The van der Waals surface area contributed by atoms with Crippen molar-refractivity contribution in [2.75, 3.05) is 18.0 Å². The zero-order valence-electron chi connectivity index (χ0n) is 17.0. The first kappa shape index (κ1) is 21.1. The van der Waals surface area contributed by atoms with Gasteiger partial charge >= 0.3 is 5.97 Å². The average molecular weight is 419 g/mol. The third-order valence-corrected chi connectivity index (χ3v) is 6.52. The smallest absolute Gasteiger partial charge is 0.322 e. The molecule has 0 bridgehead atoms. The number of nitrogens with one attached hydrogen (secondary N) is 1. The van der Waals surface area contributed by atoms with Crippen molar-refractivity contribution >= 4 is 43.6 Å². The van der Waals surface area contributed by atoms with Gasteiger partial charge in [-0.2, -0.15) is 4.72 Å². The molecular weight excluding hydrogens is 392 g/mol. The summed E-state index contributed by atoms with van der Waals surface area (Å²) in [5, 5.41) is 11.0. The van der Waals surface area contributed by atoms with Crippen molar-refractivity contribution < 1.29 is 22.7 Å². The van der Waals surface area contributed by atoms with Gasteiger partial charge in [-0.1, -0.05) is 13.8 Å². The van der Waals surface area contributed by atoms with E-state index >= 15 is 0 Å². The quantitative estimate of drug-likeness (QED) is 0.577. The van der Waals surface area contributed by atoms with Gasteiger partial charge in [-0.05, 0) is 50.1 Å². The lowest BCUT2D eigenvalue weighted by Crippen LogP contribution is -2.44. The van der Waals surface area contributed by atoms with Gasteiger partial charge in [0.15, 0.2) is 0 Å². The SMILES string of the molecule is CCN(CC)c1ccc2oc3cc(S(=O)(=O)N[C@H](C(=O)O)C(C)C)ccc3c2c1. The van der Waals surface area contributed by atoms with Crippen molar-refractivity contribution in [3.63, 3.8) is 0 Å². The Morgan fingerprint density at radius 2 is 1.76 bits per heavy atom. The van der Waals surface area contributed by atoms with Gasteiger partial charge in [0.2, 0.25) is 10.0 Å². The summed E-state index contributed by atoms with van der Waals surface area (Å²) in [5.74, 6) is -1.60. The highest BCUT2D eigenvalue weighted by Gasteiger charge is 2.28. The molecular formula is C21H26N2O5S. The number of anilines is 1. The van der Waals surface area contributed by atoms with Crippen LogP contribution in [-0.2, 0) is 14.8 Å². The highest BCUT2D eigenvalue weighted by atomic mass is 32.2. The Hall–Kier alpha value is -2.58. The summed E-state index contributed by atoms with van der Waals surface area (Å²) in [6.07, 6.45) is 0. The second-order valence-electron chi connectivity index (χ2n) is 7.29. The number of carboxylic acids is 1. The Morgan fingerprint density at radius 1 is 1.07 bits per heavy atom. The summed E-state index contributed by atoms with van der Waals surface area (Å²) < 4.78 is 33.6. The molecule has 0 fully saturated rings. The number of benzene rings is 2. The third kappa shape index (κ3) is 4.09. The number of carboxylic acid groups (broad SMARTS) is 1.